The highest BCUT2D eigenvalue weighted by molar-refractivity contribution is 7.59. The zero-order chi connectivity index (χ0) is 7.23. The maximum Gasteiger partial charge on any atom is -0.0233 e. The molecule has 0 amide bonds. The van der Waals surface area contributed by atoms with Crippen LogP contribution in [0.1, 0.15) is 52.9 Å². The van der Waals surface area contributed by atoms with Crippen molar-refractivity contribution >= 4 is 13.5 Å². The molecule has 1 saturated carbocycles. The van der Waals surface area contributed by atoms with Gasteiger partial charge in [0.15, 0.2) is 0 Å². The van der Waals surface area contributed by atoms with E-state index in [4.69, 9.17) is 0 Å². The Balaban J connectivity index is 0. The average Bonchev–Trinajstić information content (AvgIpc) is 2.71. The maximum absolute atomic E-state index is 2.40. The van der Waals surface area contributed by atoms with Crippen LogP contribution >= 0.6 is 13.5 Å². The SMILES string of the molecule is C.CCCCCC=CC1CC1.S. The van der Waals surface area contributed by atoms with Gasteiger partial charge in [-0.2, -0.15) is 13.5 Å². The van der Waals surface area contributed by atoms with Crippen molar-refractivity contribution in [2.24, 2.45) is 5.92 Å². The summed E-state index contributed by atoms with van der Waals surface area (Å²) in [7, 11) is 0. The van der Waals surface area contributed by atoms with Crippen LogP contribution in [0.25, 0.3) is 0 Å². The minimum atomic E-state index is 0. The van der Waals surface area contributed by atoms with Crippen LogP contribution in [0.4, 0.5) is 0 Å². The highest BCUT2D eigenvalue weighted by Gasteiger charge is 2.16. The van der Waals surface area contributed by atoms with Crippen molar-refractivity contribution in [3.63, 3.8) is 0 Å². The molecule has 0 radical (unpaired) electrons. The van der Waals surface area contributed by atoms with Crippen LogP contribution in [-0.2, 0) is 0 Å². The van der Waals surface area contributed by atoms with Crippen molar-refractivity contribution in [3.05, 3.63) is 12.2 Å². The lowest BCUT2D eigenvalue weighted by molar-refractivity contribution is 0.727. The molecule has 1 fully saturated rings. The molecule has 1 aliphatic carbocycles. The number of unbranched alkanes of at least 4 members (excludes halogenated alkanes) is 3. The van der Waals surface area contributed by atoms with E-state index in [9.17, 15) is 0 Å². The van der Waals surface area contributed by atoms with E-state index in [-0.39, 0.29) is 20.9 Å². The van der Waals surface area contributed by atoms with Crippen molar-refractivity contribution in [1.29, 1.82) is 0 Å². The van der Waals surface area contributed by atoms with Gasteiger partial charge in [0.2, 0.25) is 0 Å². The summed E-state index contributed by atoms with van der Waals surface area (Å²) in [4.78, 5) is 0. The molecule has 0 saturated heterocycles. The Labute approximate surface area is 84.9 Å². The van der Waals surface area contributed by atoms with Gasteiger partial charge in [-0.05, 0) is 31.6 Å². The fourth-order valence-corrected chi connectivity index (χ4v) is 1.09. The molecule has 0 spiro atoms. The zero-order valence-electron chi connectivity index (χ0n) is 7.47. The van der Waals surface area contributed by atoms with Crippen LogP contribution in [0.2, 0.25) is 0 Å². The third kappa shape index (κ3) is 8.19. The summed E-state index contributed by atoms with van der Waals surface area (Å²) in [6.07, 6.45) is 13.1. The van der Waals surface area contributed by atoms with Gasteiger partial charge in [0.25, 0.3) is 0 Å². The summed E-state index contributed by atoms with van der Waals surface area (Å²) >= 11 is 0. The summed E-state index contributed by atoms with van der Waals surface area (Å²) < 4.78 is 0. The van der Waals surface area contributed by atoms with Gasteiger partial charge >= 0.3 is 0 Å². The molecule has 0 N–H and O–H groups in total. The Kier molecular flexibility index (Phi) is 11.2. The molecule has 0 atom stereocenters. The molecule has 74 valence electrons. The molecule has 0 aliphatic heterocycles. The fourth-order valence-electron chi connectivity index (χ4n) is 1.09. The third-order valence-corrected chi connectivity index (χ3v) is 2.00. The van der Waals surface area contributed by atoms with E-state index in [0.29, 0.717) is 0 Å². The molecule has 0 aromatic rings. The first-order valence-electron chi connectivity index (χ1n) is 4.60. The summed E-state index contributed by atoms with van der Waals surface area (Å²) in [5.74, 6) is 0.974. The second-order valence-corrected chi connectivity index (χ2v) is 3.26. The van der Waals surface area contributed by atoms with Crippen molar-refractivity contribution in [2.45, 2.75) is 52.9 Å². The first kappa shape index (κ1) is 14.6. The Morgan fingerprint density at radius 1 is 1.25 bits per heavy atom. The standard InChI is InChI=1S/C10H18.CH4.H2S/c1-2-3-4-5-6-7-10-8-9-10;;/h6-7,10H,2-5,8-9H2,1H3;1H4;1H2. The zero-order valence-corrected chi connectivity index (χ0v) is 8.47. The predicted octanol–water partition coefficient (Wildman–Crippen LogP) is 4.28. The van der Waals surface area contributed by atoms with Crippen LogP contribution in [-0.4, -0.2) is 0 Å². The maximum atomic E-state index is 2.40. The van der Waals surface area contributed by atoms with Gasteiger partial charge in [-0.1, -0.05) is 39.3 Å². The van der Waals surface area contributed by atoms with E-state index in [0.717, 1.165) is 5.92 Å². The summed E-state index contributed by atoms with van der Waals surface area (Å²) in [6.45, 7) is 2.25. The Morgan fingerprint density at radius 2 is 1.92 bits per heavy atom. The average molecular weight is 188 g/mol. The van der Waals surface area contributed by atoms with Crippen molar-refractivity contribution < 1.29 is 0 Å². The van der Waals surface area contributed by atoms with Gasteiger partial charge in [0.05, 0.1) is 0 Å². The fraction of sp³-hybridized carbons (Fsp3) is 0.818. The molecule has 1 aliphatic rings. The van der Waals surface area contributed by atoms with Crippen LogP contribution in [0.3, 0.4) is 0 Å². The highest BCUT2D eigenvalue weighted by atomic mass is 32.1. The Bertz CT molecular complexity index is 104. The van der Waals surface area contributed by atoms with Gasteiger partial charge in [-0.15, -0.1) is 0 Å². The molecule has 0 unspecified atom stereocenters. The molecule has 0 nitrogen and oxygen atoms in total. The van der Waals surface area contributed by atoms with Crippen molar-refractivity contribution in [1.82, 2.24) is 0 Å². The quantitative estimate of drug-likeness (QED) is 0.446. The molecular formula is C11H24S. The van der Waals surface area contributed by atoms with Crippen LogP contribution < -0.4 is 0 Å². The molecule has 0 aromatic heterocycles. The van der Waals surface area contributed by atoms with Gasteiger partial charge in [-0.3, -0.25) is 0 Å². The number of hydrogen-bond donors (Lipinski definition) is 0. The lowest BCUT2D eigenvalue weighted by Crippen LogP contribution is -1.71. The Hall–Kier alpha value is 0.0900. The third-order valence-electron chi connectivity index (χ3n) is 2.00. The monoisotopic (exact) mass is 188 g/mol. The predicted molar refractivity (Wildman–Crippen MR) is 63.1 cm³/mol. The Morgan fingerprint density at radius 3 is 2.42 bits per heavy atom. The van der Waals surface area contributed by atoms with Crippen molar-refractivity contribution in [3.8, 4) is 0 Å². The molecule has 0 aromatic carbocycles. The molecule has 0 heterocycles. The van der Waals surface area contributed by atoms with Gasteiger partial charge < -0.3 is 0 Å². The van der Waals surface area contributed by atoms with E-state index in [1.54, 1.807) is 0 Å². The summed E-state index contributed by atoms with van der Waals surface area (Å²) in [5.41, 5.74) is 0. The molecule has 12 heavy (non-hydrogen) atoms. The van der Waals surface area contributed by atoms with Crippen LogP contribution in [0.15, 0.2) is 12.2 Å². The van der Waals surface area contributed by atoms with E-state index >= 15 is 0 Å². The second-order valence-electron chi connectivity index (χ2n) is 3.26. The van der Waals surface area contributed by atoms with E-state index < -0.39 is 0 Å². The lowest BCUT2D eigenvalue weighted by atomic mass is 10.2. The number of hydrogen-bond acceptors (Lipinski definition) is 0. The topological polar surface area (TPSA) is 0 Å². The molecular weight excluding hydrogens is 164 g/mol. The minimum absolute atomic E-state index is 0. The van der Waals surface area contributed by atoms with E-state index in [1.807, 2.05) is 0 Å². The smallest absolute Gasteiger partial charge is 0.0233 e. The normalized spacial score (nSPS) is 15.4. The van der Waals surface area contributed by atoms with Crippen molar-refractivity contribution in [2.75, 3.05) is 0 Å². The summed E-state index contributed by atoms with van der Waals surface area (Å²) in [5, 5.41) is 0. The first-order valence-corrected chi connectivity index (χ1v) is 4.60. The number of rotatable bonds is 5. The number of allylic oxidation sites excluding steroid dienone is 2. The van der Waals surface area contributed by atoms with Crippen LogP contribution in [0.5, 0.6) is 0 Å². The minimum Gasteiger partial charge on any atom is -0.197 e. The highest BCUT2D eigenvalue weighted by Crippen LogP contribution is 2.30. The van der Waals surface area contributed by atoms with Gasteiger partial charge in [0, 0.05) is 0 Å². The second kappa shape index (κ2) is 9.18. The van der Waals surface area contributed by atoms with Gasteiger partial charge in [0.1, 0.15) is 0 Å². The molecule has 0 bridgehead atoms. The van der Waals surface area contributed by atoms with Crippen LogP contribution in [0, 0.1) is 5.92 Å². The molecule has 1 heteroatoms. The molecule has 1 rings (SSSR count). The van der Waals surface area contributed by atoms with E-state index in [1.165, 1.54) is 38.5 Å². The van der Waals surface area contributed by atoms with E-state index in [2.05, 4.69) is 19.1 Å². The van der Waals surface area contributed by atoms with Gasteiger partial charge in [-0.25, -0.2) is 0 Å². The first-order chi connectivity index (χ1) is 4.93. The lowest BCUT2D eigenvalue weighted by Gasteiger charge is -1.90. The summed E-state index contributed by atoms with van der Waals surface area (Å²) in [6, 6.07) is 0. The largest absolute Gasteiger partial charge is 0.197 e.